The highest BCUT2D eigenvalue weighted by atomic mass is 16.5. The number of carbonyl (C=O) groups excluding carboxylic acids is 2. The summed E-state index contributed by atoms with van der Waals surface area (Å²) in [5.41, 5.74) is 1.07. The van der Waals surface area contributed by atoms with Gasteiger partial charge in [-0.3, -0.25) is 9.59 Å². The SMILES string of the molecule is CC(C)CNC(=O)c1cccc(NC(=O)COc2ccc3ccccc3c2)c1. The molecule has 0 aliphatic rings. The second-order valence-electron chi connectivity index (χ2n) is 7.03. The molecule has 3 aromatic carbocycles. The molecule has 0 bridgehead atoms. The summed E-state index contributed by atoms with van der Waals surface area (Å²) in [6.07, 6.45) is 0. The average Bonchev–Trinajstić information content (AvgIpc) is 2.70. The molecule has 0 fully saturated rings. The number of rotatable bonds is 7. The molecule has 0 atom stereocenters. The van der Waals surface area contributed by atoms with Gasteiger partial charge in [0.2, 0.25) is 0 Å². The van der Waals surface area contributed by atoms with Gasteiger partial charge < -0.3 is 15.4 Å². The summed E-state index contributed by atoms with van der Waals surface area (Å²) in [6, 6.07) is 20.5. The number of hydrogen-bond acceptors (Lipinski definition) is 3. The van der Waals surface area contributed by atoms with Crippen molar-refractivity contribution < 1.29 is 14.3 Å². The van der Waals surface area contributed by atoms with Crippen molar-refractivity contribution in [2.75, 3.05) is 18.5 Å². The van der Waals surface area contributed by atoms with Gasteiger partial charge in [-0.25, -0.2) is 0 Å². The summed E-state index contributed by atoms with van der Waals surface area (Å²) in [4.78, 5) is 24.4. The van der Waals surface area contributed by atoms with Crippen LogP contribution in [0, 0.1) is 5.92 Å². The summed E-state index contributed by atoms with van der Waals surface area (Å²) in [6.45, 7) is 4.57. The number of amides is 2. The number of anilines is 1. The highest BCUT2D eigenvalue weighted by molar-refractivity contribution is 5.97. The Morgan fingerprint density at radius 1 is 0.929 bits per heavy atom. The van der Waals surface area contributed by atoms with Crippen molar-refractivity contribution in [3.63, 3.8) is 0 Å². The molecular weight excluding hydrogens is 352 g/mol. The summed E-state index contributed by atoms with van der Waals surface area (Å²) >= 11 is 0. The Balaban J connectivity index is 1.56. The van der Waals surface area contributed by atoms with E-state index in [4.69, 9.17) is 4.74 Å². The number of ether oxygens (including phenoxy) is 1. The van der Waals surface area contributed by atoms with E-state index in [-0.39, 0.29) is 18.4 Å². The van der Waals surface area contributed by atoms with Gasteiger partial charge in [-0.2, -0.15) is 0 Å². The molecule has 0 radical (unpaired) electrons. The molecule has 0 heterocycles. The van der Waals surface area contributed by atoms with E-state index >= 15 is 0 Å². The molecule has 0 aliphatic heterocycles. The topological polar surface area (TPSA) is 67.4 Å². The van der Waals surface area contributed by atoms with Crippen LogP contribution in [0.2, 0.25) is 0 Å². The molecule has 5 nitrogen and oxygen atoms in total. The molecule has 144 valence electrons. The van der Waals surface area contributed by atoms with Crippen LogP contribution in [-0.2, 0) is 4.79 Å². The third kappa shape index (κ3) is 5.33. The fraction of sp³-hybridized carbons (Fsp3) is 0.217. The van der Waals surface area contributed by atoms with Crippen LogP contribution in [0.5, 0.6) is 5.75 Å². The maximum Gasteiger partial charge on any atom is 0.262 e. The van der Waals surface area contributed by atoms with Gasteiger partial charge in [0, 0.05) is 17.8 Å². The van der Waals surface area contributed by atoms with Crippen molar-refractivity contribution in [1.82, 2.24) is 5.32 Å². The van der Waals surface area contributed by atoms with Crippen LogP contribution in [0.15, 0.2) is 66.7 Å². The lowest BCUT2D eigenvalue weighted by Crippen LogP contribution is -2.27. The van der Waals surface area contributed by atoms with Gasteiger partial charge in [-0.05, 0) is 47.0 Å². The van der Waals surface area contributed by atoms with E-state index in [2.05, 4.69) is 10.6 Å². The number of hydrogen-bond donors (Lipinski definition) is 2. The van der Waals surface area contributed by atoms with Gasteiger partial charge in [0.05, 0.1) is 0 Å². The maximum absolute atomic E-state index is 12.2. The standard InChI is InChI=1S/C23H24N2O3/c1-16(2)14-24-23(27)19-8-5-9-20(12-19)25-22(26)15-28-21-11-10-17-6-3-4-7-18(17)13-21/h3-13,16H,14-15H2,1-2H3,(H,24,27)(H,25,26). The Labute approximate surface area is 164 Å². The van der Waals surface area contributed by atoms with E-state index in [1.807, 2.05) is 56.3 Å². The van der Waals surface area contributed by atoms with Crippen molar-refractivity contribution in [2.45, 2.75) is 13.8 Å². The molecular formula is C23H24N2O3. The summed E-state index contributed by atoms with van der Waals surface area (Å²) in [5, 5.41) is 7.80. The minimum absolute atomic E-state index is 0.109. The lowest BCUT2D eigenvalue weighted by molar-refractivity contribution is -0.118. The fourth-order valence-electron chi connectivity index (χ4n) is 2.74. The van der Waals surface area contributed by atoms with Crippen LogP contribution in [0.1, 0.15) is 24.2 Å². The van der Waals surface area contributed by atoms with E-state index < -0.39 is 0 Å². The summed E-state index contributed by atoms with van der Waals surface area (Å²) in [7, 11) is 0. The number of benzene rings is 3. The first-order chi connectivity index (χ1) is 13.5. The van der Waals surface area contributed by atoms with Crippen molar-refractivity contribution in [3.8, 4) is 5.75 Å². The van der Waals surface area contributed by atoms with Crippen LogP contribution in [0.3, 0.4) is 0 Å². The van der Waals surface area contributed by atoms with E-state index in [1.165, 1.54) is 0 Å². The predicted octanol–water partition coefficient (Wildman–Crippen LogP) is 4.24. The van der Waals surface area contributed by atoms with Crippen LogP contribution in [-0.4, -0.2) is 25.0 Å². The first-order valence-corrected chi connectivity index (χ1v) is 9.31. The highest BCUT2D eigenvalue weighted by Crippen LogP contribution is 2.20. The zero-order valence-electron chi connectivity index (χ0n) is 16.1. The maximum atomic E-state index is 12.2. The summed E-state index contributed by atoms with van der Waals surface area (Å²) < 4.78 is 5.60. The molecule has 0 aromatic heterocycles. The average molecular weight is 376 g/mol. The van der Waals surface area contributed by atoms with Crippen LogP contribution in [0.25, 0.3) is 10.8 Å². The van der Waals surface area contributed by atoms with E-state index in [1.54, 1.807) is 24.3 Å². The third-order valence-corrected chi connectivity index (χ3v) is 4.17. The van der Waals surface area contributed by atoms with Crippen molar-refractivity contribution in [2.24, 2.45) is 5.92 Å². The lowest BCUT2D eigenvalue weighted by atomic mass is 10.1. The Morgan fingerprint density at radius 2 is 1.71 bits per heavy atom. The second-order valence-corrected chi connectivity index (χ2v) is 7.03. The minimum Gasteiger partial charge on any atom is -0.484 e. The van der Waals surface area contributed by atoms with Crippen molar-refractivity contribution in [3.05, 3.63) is 72.3 Å². The second kappa shape index (κ2) is 9.04. The van der Waals surface area contributed by atoms with Crippen LogP contribution in [0.4, 0.5) is 5.69 Å². The van der Waals surface area contributed by atoms with Gasteiger partial charge in [-0.15, -0.1) is 0 Å². The number of fused-ring (bicyclic) bond motifs is 1. The molecule has 5 heteroatoms. The molecule has 0 saturated carbocycles. The quantitative estimate of drug-likeness (QED) is 0.648. The van der Waals surface area contributed by atoms with Crippen molar-refractivity contribution in [1.29, 1.82) is 0 Å². The highest BCUT2D eigenvalue weighted by Gasteiger charge is 2.09. The molecule has 2 N–H and O–H groups in total. The molecule has 0 unspecified atom stereocenters. The molecule has 0 saturated heterocycles. The molecule has 0 aliphatic carbocycles. The predicted molar refractivity (Wildman–Crippen MR) is 112 cm³/mol. The third-order valence-electron chi connectivity index (χ3n) is 4.17. The Morgan fingerprint density at radius 3 is 2.50 bits per heavy atom. The minimum atomic E-state index is -0.284. The van der Waals surface area contributed by atoms with Crippen molar-refractivity contribution >= 4 is 28.3 Å². The largest absolute Gasteiger partial charge is 0.484 e. The van der Waals surface area contributed by atoms with Gasteiger partial charge in [0.25, 0.3) is 11.8 Å². The van der Waals surface area contributed by atoms with E-state index in [0.717, 1.165) is 10.8 Å². The van der Waals surface area contributed by atoms with Gasteiger partial charge in [0.1, 0.15) is 5.75 Å². The Hall–Kier alpha value is -3.34. The smallest absolute Gasteiger partial charge is 0.262 e. The number of nitrogens with one attached hydrogen (secondary N) is 2. The Kier molecular flexibility index (Phi) is 6.27. The molecule has 0 spiro atoms. The zero-order valence-corrected chi connectivity index (χ0v) is 16.1. The van der Waals surface area contributed by atoms with Gasteiger partial charge >= 0.3 is 0 Å². The molecule has 2 amide bonds. The van der Waals surface area contributed by atoms with Crippen LogP contribution < -0.4 is 15.4 Å². The van der Waals surface area contributed by atoms with Gasteiger partial charge in [0.15, 0.2) is 6.61 Å². The molecule has 28 heavy (non-hydrogen) atoms. The molecule has 3 rings (SSSR count). The first-order valence-electron chi connectivity index (χ1n) is 9.31. The normalized spacial score (nSPS) is 10.7. The lowest BCUT2D eigenvalue weighted by Gasteiger charge is -2.10. The van der Waals surface area contributed by atoms with Crippen LogP contribution >= 0.6 is 0 Å². The zero-order chi connectivity index (χ0) is 19.9. The monoisotopic (exact) mass is 376 g/mol. The van der Waals surface area contributed by atoms with Gasteiger partial charge in [-0.1, -0.05) is 50.2 Å². The first kappa shape index (κ1) is 19.4. The number of carbonyl (C=O) groups is 2. The Bertz CT molecular complexity index is 982. The van der Waals surface area contributed by atoms with E-state index in [9.17, 15) is 9.59 Å². The summed E-state index contributed by atoms with van der Waals surface area (Å²) in [5.74, 6) is 0.569. The molecule has 3 aromatic rings. The fourth-order valence-corrected chi connectivity index (χ4v) is 2.74. The van der Waals surface area contributed by atoms with E-state index in [0.29, 0.717) is 29.5 Å².